The Kier molecular flexibility index (Phi) is 14.5. The van der Waals surface area contributed by atoms with Gasteiger partial charge < -0.3 is 14.3 Å². The van der Waals surface area contributed by atoms with E-state index in [1.807, 2.05) is 13.8 Å². The maximum atomic E-state index is 6.30. The fourth-order valence-electron chi connectivity index (χ4n) is 3.18. The third-order valence-corrected chi connectivity index (χ3v) is 4.98. The van der Waals surface area contributed by atoms with E-state index in [0.717, 1.165) is 62.3 Å². The summed E-state index contributed by atoms with van der Waals surface area (Å²) in [6.45, 7) is 12.2. The predicted octanol–water partition coefficient (Wildman–Crippen LogP) is 8.20. The van der Waals surface area contributed by atoms with E-state index < -0.39 is 0 Å². The summed E-state index contributed by atoms with van der Waals surface area (Å²) in [6.07, 6.45) is 9.24. The molecule has 0 N–H and O–H groups in total. The van der Waals surface area contributed by atoms with E-state index in [-0.39, 0.29) is 4.49 Å². The van der Waals surface area contributed by atoms with Crippen LogP contribution in [0.5, 0.6) is 11.5 Å². The van der Waals surface area contributed by atoms with Crippen LogP contribution in [-0.2, 0) is 11.3 Å². The van der Waals surface area contributed by atoms with E-state index in [9.17, 15) is 0 Å². The van der Waals surface area contributed by atoms with E-state index in [2.05, 4.69) is 38.1 Å². The second-order valence-corrected chi connectivity index (χ2v) is 9.21. The first-order valence-electron chi connectivity index (χ1n) is 11.4. The van der Waals surface area contributed by atoms with Gasteiger partial charge in [-0.3, -0.25) is 0 Å². The molecule has 0 aliphatic carbocycles. The van der Waals surface area contributed by atoms with Crippen LogP contribution in [0.15, 0.2) is 27.9 Å². The quantitative estimate of drug-likeness (QED) is 0.138. The lowest BCUT2D eigenvalue weighted by Gasteiger charge is -2.20. The molecule has 1 aromatic carbocycles. The summed E-state index contributed by atoms with van der Waals surface area (Å²) >= 11 is 11.4. The average molecular weight is 472 g/mol. The number of unbranched alkanes of at least 4 members (excludes halogenated alkanes) is 4. The molecule has 6 heteroatoms. The maximum Gasteiger partial charge on any atom is 0.126 e. The lowest BCUT2D eigenvalue weighted by Crippen LogP contribution is -2.06. The first-order valence-corrected chi connectivity index (χ1v) is 12.2. The average Bonchev–Trinajstić information content (AvgIpc) is 2.69. The molecule has 0 amide bonds. The molecule has 1 rings (SSSR count). The molecule has 31 heavy (non-hydrogen) atoms. The molecule has 0 saturated heterocycles. The number of benzene rings is 1. The van der Waals surface area contributed by atoms with Crippen LogP contribution in [0, 0.1) is 0 Å². The molecule has 0 atom stereocenters. The Balaban J connectivity index is 2.59. The van der Waals surface area contributed by atoms with Crippen molar-refractivity contribution < 1.29 is 14.3 Å². The van der Waals surface area contributed by atoms with Gasteiger partial charge >= 0.3 is 0 Å². The second-order valence-electron chi connectivity index (χ2n) is 8.20. The number of halogens is 2. The van der Waals surface area contributed by atoms with Gasteiger partial charge in [0, 0.05) is 5.56 Å². The van der Waals surface area contributed by atoms with E-state index in [0.29, 0.717) is 19.1 Å². The van der Waals surface area contributed by atoms with Gasteiger partial charge in [-0.15, -0.1) is 0 Å². The van der Waals surface area contributed by atoms with Crippen LogP contribution in [0.4, 0.5) is 0 Å². The van der Waals surface area contributed by atoms with Gasteiger partial charge in [0.1, 0.15) is 29.2 Å². The standard InChI is InChI=1S/C25H39Cl2NO3/c1-6-12-21-17-22(29-16-13-24(26)27)18-23(19(2)3)25(21)30-14-10-8-7-9-11-15-31-28-20(4)5/h13,17-19H,6-12,14-16H2,1-5H3. The minimum atomic E-state index is 0.218. The van der Waals surface area contributed by atoms with Crippen molar-refractivity contribution in [3.05, 3.63) is 33.8 Å². The minimum absolute atomic E-state index is 0.218. The van der Waals surface area contributed by atoms with E-state index in [4.69, 9.17) is 37.5 Å². The van der Waals surface area contributed by atoms with Crippen molar-refractivity contribution in [1.29, 1.82) is 0 Å². The van der Waals surface area contributed by atoms with Crippen molar-refractivity contribution in [1.82, 2.24) is 0 Å². The molecular weight excluding hydrogens is 433 g/mol. The van der Waals surface area contributed by atoms with E-state index in [1.165, 1.54) is 17.5 Å². The SMILES string of the molecule is CCCc1cc(OCC=C(Cl)Cl)cc(C(C)C)c1OCCCCCCCON=C(C)C. The Morgan fingerprint density at radius 1 is 1.00 bits per heavy atom. The van der Waals surface area contributed by atoms with Gasteiger partial charge in [-0.25, -0.2) is 0 Å². The third-order valence-electron chi connectivity index (χ3n) is 4.67. The normalized spacial score (nSPS) is 10.7. The largest absolute Gasteiger partial charge is 0.493 e. The van der Waals surface area contributed by atoms with Crippen molar-refractivity contribution >= 4 is 28.9 Å². The van der Waals surface area contributed by atoms with Gasteiger partial charge in [-0.05, 0) is 69.2 Å². The van der Waals surface area contributed by atoms with Crippen LogP contribution in [0.3, 0.4) is 0 Å². The maximum absolute atomic E-state index is 6.30. The first kappa shape index (κ1) is 27.6. The molecule has 1 aromatic rings. The number of hydrogen-bond donors (Lipinski definition) is 0. The molecule has 0 fully saturated rings. The summed E-state index contributed by atoms with van der Waals surface area (Å²) < 4.78 is 12.4. The molecule has 4 nitrogen and oxygen atoms in total. The Labute approximate surface area is 198 Å². The molecule has 0 radical (unpaired) electrons. The number of ether oxygens (including phenoxy) is 2. The van der Waals surface area contributed by atoms with E-state index in [1.54, 1.807) is 6.08 Å². The number of oxime groups is 1. The third kappa shape index (κ3) is 12.3. The van der Waals surface area contributed by atoms with Crippen LogP contribution in [0.2, 0.25) is 0 Å². The van der Waals surface area contributed by atoms with Gasteiger partial charge in [0.25, 0.3) is 0 Å². The highest BCUT2D eigenvalue weighted by atomic mass is 35.5. The van der Waals surface area contributed by atoms with Gasteiger partial charge in [0.2, 0.25) is 0 Å². The lowest BCUT2D eigenvalue weighted by atomic mass is 9.96. The predicted molar refractivity (Wildman–Crippen MR) is 133 cm³/mol. The zero-order valence-electron chi connectivity index (χ0n) is 19.8. The fraction of sp³-hybridized carbons (Fsp3) is 0.640. The van der Waals surface area contributed by atoms with Crippen LogP contribution in [0.25, 0.3) is 0 Å². The Bertz CT molecular complexity index is 694. The molecule has 0 aromatic heterocycles. The van der Waals surface area contributed by atoms with Gasteiger partial charge in [0.15, 0.2) is 0 Å². The topological polar surface area (TPSA) is 40.0 Å². The molecule has 0 heterocycles. The number of hydrogen-bond acceptors (Lipinski definition) is 4. The summed E-state index contributed by atoms with van der Waals surface area (Å²) in [6, 6.07) is 4.16. The zero-order valence-corrected chi connectivity index (χ0v) is 21.3. The lowest BCUT2D eigenvalue weighted by molar-refractivity contribution is 0.139. The number of nitrogens with zero attached hydrogens (tertiary/aromatic N) is 1. The molecule has 0 bridgehead atoms. The van der Waals surface area contributed by atoms with Crippen molar-refractivity contribution in [2.75, 3.05) is 19.8 Å². The Morgan fingerprint density at radius 2 is 1.68 bits per heavy atom. The Morgan fingerprint density at radius 3 is 2.29 bits per heavy atom. The van der Waals surface area contributed by atoms with Crippen molar-refractivity contribution in [2.24, 2.45) is 5.16 Å². The highest BCUT2D eigenvalue weighted by molar-refractivity contribution is 6.55. The van der Waals surface area contributed by atoms with Crippen LogP contribution in [-0.4, -0.2) is 25.5 Å². The highest BCUT2D eigenvalue weighted by Gasteiger charge is 2.15. The number of rotatable bonds is 16. The molecular formula is C25H39Cl2NO3. The summed E-state index contributed by atoms with van der Waals surface area (Å²) in [5, 5.41) is 3.95. The molecule has 0 aliphatic heterocycles. The fourth-order valence-corrected chi connectivity index (χ4v) is 3.30. The van der Waals surface area contributed by atoms with Crippen molar-refractivity contribution in [2.45, 2.75) is 85.5 Å². The van der Waals surface area contributed by atoms with Gasteiger partial charge in [0.05, 0.1) is 12.3 Å². The van der Waals surface area contributed by atoms with Crippen molar-refractivity contribution in [3.63, 3.8) is 0 Å². The highest BCUT2D eigenvalue weighted by Crippen LogP contribution is 2.35. The Hall–Kier alpha value is -1.39. The molecule has 0 saturated carbocycles. The van der Waals surface area contributed by atoms with Crippen LogP contribution in [0.1, 0.15) is 90.2 Å². The second kappa shape index (κ2) is 16.3. The van der Waals surface area contributed by atoms with Crippen molar-refractivity contribution in [3.8, 4) is 11.5 Å². The monoisotopic (exact) mass is 471 g/mol. The molecule has 0 aliphatic rings. The smallest absolute Gasteiger partial charge is 0.126 e. The summed E-state index contributed by atoms with van der Waals surface area (Å²) in [4.78, 5) is 5.23. The van der Waals surface area contributed by atoms with E-state index >= 15 is 0 Å². The summed E-state index contributed by atoms with van der Waals surface area (Å²) in [5.41, 5.74) is 3.34. The van der Waals surface area contributed by atoms with Gasteiger partial charge in [-0.2, -0.15) is 0 Å². The molecule has 0 spiro atoms. The molecule has 0 unspecified atom stereocenters. The van der Waals surface area contributed by atoms with Crippen LogP contribution < -0.4 is 9.47 Å². The number of aryl methyl sites for hydroxylation is 1. The molecule has 176 valence electrons. The van der Waals surface area contributed by atoms with Gasteiger partial charge in [-0.1, -0.05) is 68.4 Å². The first-order chi connectivity index (χ1) is 14.8. The summed E-state index contributed by atoms with van der Waals surface area (Å²) in [5.74, 6) is 2.20. The van der Waals surface area contributed by atoms with Crippen LogP contribution >= 0.6 is 23.2 Å². The summed E-state index contributed by atoms with van der Waals surface area (Å²) in [7, 11) is 0. The zero-order chi connectivity index (χ0) is 23.1. The minimum Gasteiger partial charge on any atom is -0.493 e.